The summed E-state index contributed by atoms with van der Waals surface area (Å²) in [5, 5.41) is 3.14. The maximum atomic E-state index is 13.3. The molecule has 0 bridgehead atoms. The smallest absolute Gasteiger partial charge is 0.443 e. The van der Waals surface area contributed by atoms with E-state index in [0.29, 0.717) is 90.6 Å². The predicted octanol–water partition coefficient (Wildman–Crippen LogP) is 17.3. The number of nitrogens with zero attached hydrogens (tertiary/aromatic N) is 11. The fourth-order valence-electron chi connectivity index (χ4n) is 11.7. The van der Waals surface area contributed by atoms with Gasteiger partial charge in [0.15, 0.2) is 0 Å². The lowest BCUT2D eigenvalue weighted by Crippen LogP contribution is -2.42. The second-order valence-electron chi connectivity index (χ2n) is 28.2. The highest BCUT2D eigenvalue weighted by Gasteiger charge is 2.52. The van der Waals surface area contributed by atoms with Crippen molar-refractivity contribution >= 4 is 70.0 Å². The first-order chi connectivity index (χ1) is 49.9. The Labute approximate surface area is 617 Å². The molecule has 1 fully saturated rings. The first-order valence-corrected chi connectivity index (χ1v) is 34.5. The lowest BCUT2D eigenvalue weighted by Gasteiger charge is -2.32. The molecule has 0 spiro atoms. The lowest BCUT2D eigenvalue weighted by atomic mass is 9.79. The number of hydrogen-bond donors (Lipinski definition) is 2. The summed E-state index contributed by atoms with van der Waals surface area (Å²) in [5.41, 5.74) is 5.77. The van der Waals surface area contributed by atoms with Crippen molar-refractivity contribution < 1.29 is 85.9 Å². The number of hydrogen-bond acceptors (Lipinski definition) is 16. The van der Waals surface area contributed by atoms with Gasteiger partial charge in [-0.1, -0.05) is 6.07 Å². The van der Waals surface area contributed by atoms with Gasteiger partial charge in [-0.25, -0.2) is 34.3 Å². The lowest BCUT2D eigenvalue weighted by molar-refractivity contribution is -0.138. The summed E-state index contributed by atoms with van der Waals surface area (Å²) >= 11 is 2.75. The maximum Gasteiger partial charge on any atom is 0.496 e. The van der Waals surface area contributed by atoms with E-state index in [0.717, 1.165) is 110 Å². The summed E-state index contributed by atoms with van der Waals surface area (Å²) in [5.74, 6) is 2.27. The van der Waals surface area contributed by atoms with Crippen LogP contribution in [0.2, 0.25) is 0 Å². The molecule has 8 aromatic heterocycles. The van der Waals surface area contributed by atoms with Gasteiger partial charge in [0.2, 0.25) is 0 Å². The molecule has 0 unspecified atom stereocenters. The van der Waals surface area contributed by atoms with Crippen molar-refractivity contribution in [2.24, 2.45) is 5.73 Å². The molecule has 0 radical (unpaired) electrons. The third-order valence-corrected chi connectivity index (χ3v) is 18.0. The summed E-state index contributed by atoms with van der Waals surface area (Å²) in [7, 11) is -0.449. The normalized spacial score (nSPS) is 16.0. The number of ether oxygens (including phenoxy) is 2. The van der Waals surface area contributed by atoms with Gasteiger partial charge in [-0.15, -0.1) is 0 Å². The number of aryl methyl sites for hydroxylation is 4. The van der Waals surface area contributed by atoms with Crippen LogP contribution in [-0.4, -0.2) is 114 Å². The van der Waals surface area contributed by atoms with Crippen LogP contribution in [0.25, 0.3) is 33.4 Å². The maximum absolute atomic E-state index is 13.3. The van der Waals surface area contributed by atoms with Gasteiger partial charge < -0.3 is 29.8 Å². The molecule has 0 atom stereocenters. The molecule has 570 valence electrons. The van der Waals surface area contributed by atoms with Crippen LogP contribution in [0.1, 0.15) is 139 Å². The van der Waals surface area contributed by atoms with Crippen LogP contribution >= 0.6 is 15.9 Å². The summed E-state index contributed by atoms with van der Waals surface area (Å²) < 4.78 is 177. The number of primary amides is 1. The van der Waals surface area contributed by atoms with Crippen LogP contribution < -0.4 is 31.2 Å². The van der Waals surface area contributed by atoms with E-state index in [1.165, 1.54) is 47.0 Å². The topological polar surface area (TPSA) is 239 Å². The molecule has 3 N–H and O–H groups in total. The number of nitrogens with one attached hydrogen (secondary N) is 1. The van der Waals surface area contributed by atoms with Gasteiger partial charge in [0, 0.05) is 144 Å². The van der Waals surface area contributed by atoms with Crippen LogP contribution in [0, 0.1) is 0 Å². The minimum absolute atomic E-state index is 0.0327. The minimum atomic E-state index is -4.49. The number of halogens is 13. The Balaban J connectivity index is 0.000000158. The Morgan fingerprint density at radius 3 is 1.21 bits per heavy atom. The first kappa shape index (κ1) is 81.5. The average Bonchev–Trinajstić information content (AvgIpc) is 1.68. The number of amides is 4. The average molecular weight is 1570 g/mol. The highest BCUT2D eigenvalue weighted by Crippen LogP contribution is 2.43. The van der Waals surface area contributed by atoms with Gasteiger partial charge in [0.1, 0.15) is 34.5 Å². The first-order valence-electron chi connectivity index (χ1n) is 33.8. The van der Waals surface area contributed by atoms with Crippen molar-refractivity contribution in [3.05, 3.63) is 172 Å². The van der Waals surface area contributed by atoms with Gasteiger partial charge in [-0.2, -0.15) is 52.7 Å². The molecular formula is C73H77BBrF12N13O7. The largest absolute Gasteiger partial charge is 0.496 e. The van der Waals surface area contributed by atoms with Crippen LogP contribution in [0.5, 0.6) is 0 Å². The molecule has 5 aliphatic rings. The highest BCUT2D eigenvalue weighted by atomic mass is 79.9. The summed E-state index contributed by atoms with van der Waals surface area (Å²) in [6, 6.07) is 10.2. The Bertz CT molecular complexity index is 4500. The Morgan fingerprint density at radius 2 is 0.822 bits per heavy atom. The van der Waals surface area contributed by atoms with Gasteiger partial charge in [0.25, 0.3) is 0 Å². The number of carbonyl (C=O) groups excluding carboxylic acids is 3. The molecule has 34 heteroatoms. The zero-order valence-electron chi connectivity index (χ0n) is 59.9. The second kappa shape index (κ2) is 32.5. The van der Waals surface area contributed by atoms with E-state index in [4.69, 9.17) is 24.5 Å². The van der Waals surface area contributed by atoms with E-state index >= 15 is 0 Å². The molecule has 4 amide bonds. The van der Waals surface area contributed by atoms with Crippen molar-refractivity contribution in [3.8, 4) is 33.4 Å². The standard InChI is InChI=1S/C19H29BN2O4.C19H20F3N3O2.C15H13F3N4O.C14H12F3N3.C6H3BrF3N/c1-17(2,3)24-16(23)22-10-8-9-13-11-14(12-21-15(13)22)20-25-18(4,5)19(6,7)26-20;1-18(2,3)27-17(26)25-8-4-5-12-9-13(10-24-16(12)25)14-11-23-7-6-15(14)19(20,21)22;16-15(17,18)12-3-4-20-8-11(12)10-6-9-2-1-5-22(14(19)23)13(9)21-7-10;15-14(16,17)12-3-5-18-8-11(12)10-6-9-2-1-4-19-13(9)20-7-10;7-5-3-11-2-1-4(5)6(8,9)10/h11-12H,8-10H2,1-7H3;6-7,9-11H,4-5,8H2,1-3H3;3-4,6-8H,1-2,5H2,(H2,19,23);3,5-8H,1-2,4H2,(H,19,20);1-3H. The number of alkyl halides is 12. The van der Waals surface area contributed by atoms with E-state index in [-0.39, 0.29) is 27.3 Å². The highest BCUT2D eigenvalue weighted by molar-refractivity contribution is 9.10. The minimum Gasteiger partial charge on any atom is -0.443 e. The molecule has 20 nitrogen and oxygen atoms in total. The fraction of sp³-hybridized carbons (Fsp3) is 0.411. The number of carbonyl (C=O) groups is 3. The Hall–Kier alpha value is -9.57. The number of urea groups is 1. The van der Waals surface area contributed by atoms with Gasteiger partial charge >= 0.3 is 50.0 Å². The van der Waals surface area contributed by atoms with Gasteiger partial charge in [-0.05, 0) is 201 Å². The molecule has 0 saturated carbocycles. The predicted molar refractivity (Wildman–Crippen MR) is 380 cm³/mol. The van der Waals surface area contributed by atoms with Gasteiger partial charge in [-0.3, -0.25) is 34.6 Å². The molecule has 0 aromatic carbocycles. The summed E-state index contributed by atoms with van der Waals surface area (Å²) in [4.78, 5) is 72.8. The number of fused-ring (bicyclic) bond motifs is 4. The number of anilines is 4. The van der Waals surface area contributed by atoms with Crippen molar-refractivity contribution in [2.45, 2.75) is 168 Å². The SMILES string of the molecule is CC(C)(C)OC(=O)N1CCCc2cc(-c3cnccc3C(F)(F)F)cnc21.CC(C)(C)OC(=O)N1CCCc2cc(B3OC(C)(C)C(C)(C)O3)cnc21.FC(F)(F)c1ccncc1-c1cnc2c(c1)CCCN2.FC(F)(F)c1ccncc1Br.NC(=O)N1CCCc2cc(-c3cnccc3C(F)(F)F)cnc21. The summed E-state index contributed by atoms with van der Waals surface area (Å²) in [6.07, 6.45) is 2.63. The van der Waals surface area contributed by atoms with Gasteiger partial charge in [0.05, 0.1) is 33.5 Å². The molecule has 5 aliphatic heterocycles. The molecular weight excluding hydrogens is 1490 g/mol. The van der Waals surface area contributed by atoms with Crippen LogP contribution in [0.15, 0.2) is 127 Å². The van der Waals surface area contributed by atoms with E-state index in [9.17, 15) is 67.1 Å². The van der Waals surface area contributed by atoms with Crippen molar-refractivity contribution in [1.29, 1.82) is 0 Å². The third kappa shape index (κ3) is 20.6. The number of nitrogens with two attached hydrogens (primary N) is 1. The van der Waals surface area contributed by atoms with Crippen LogP contribution in [-0.2, 0) is 69.2 Å². The Kier molecular flexibility index (Phi) is 24.7. The molecule has 13 rings (SSSR count). The van der Waals surface area contributed by atoms with Crippen LogP contribution in [0.4, 0.5) is 90.3 Å². The van der Waals surface area contributed by atoms with E-state index in [1.807, 2.05) is 54.5 Å². The molecule has 1 saturated heterocycles. The zero-order chi connectivity index (χ0) is 78.4. The molecule has 13 heterocycles. The molecule has 107 heavy (non-hydrogen) atoms. The molecule has 8 aromatic rings. The van der Waals surface area contributed by atoms with Crippen molar-refractivity contribution in [3.63, 3.8) is 0 Å². The quantitative estimate of drug-likeness (QED) is 0.123. The third-order valence-electron chi connectivity index (χ3n) is 17.4. The summed E-state index contributed by atoms with van der Waals surface area (Å²) in [6.45, 7) is 21.4. The van der Waals surface area contributed by atoms with E-state index in [2.05, 4.69) is 61.1 Å². The zero-order valence-corrected chi connectivity index (χ0v) is 61.5. The van der Waals surface area contributed by atoms with Crippen molar-refractivity contribution in [2.75, 3.05) is 46.2 Å². The van der Waals surface area contributed by atoms with E-state index in [1.54, 1.807) is 50.1 Å². The fourth-order valence-corrected chi connectivity index (χ4v) is 12.2. The number of rotatable bonds is 4. The second-order valence-corrected chi connectivity index (χ2v) is 29.0. The molecule has 0 aliphatic carbocycles. The van der Waals surface area contributed by atoms with Crippen LogP contribution in [0.3, 0.4) is 0 Å². The number of aromatic nitrogens is 8. The van der Waals surface area contributed by atoms with Crippen molar-refractivity contribution in [1.82, 2.24) is 39.9 Å². The Morgan fingerprint density at radius 1 is 0.477 bits per heavy atom. The number of pyridine rings is 8. The van der Waals surface area contributed by atoms with E-state index < -0.39 is 88.6 Å². The monoisotopic (exact) mass is 1570 g/mol.